The number of halogens is 1. The first-order chi connectivity index (χ1) is 3.80. The van der Waals surface area contributed by atoms with Gasteiger partial charge in [-0.3, -0.25) is 0 Å². The van der Waals surface area contributed by atoms with Crippen molar-refractivity contribution in [2.45, 2.75) is 12.3 Å². The maximum Gasteiger partial charge on any atom is 0.110 e. The fourth-order valence-electron chi connectivity index (χ4n) is 0.431. The van der Waals surface area contributed by atoms with E-state index in [1.165, 1.54) is 0 Å². The third-order valence-corrected chi connectivity index (χ3v) is 2.09. The molecule has 0 N–H and O–H groups in total. The smallest absolute Gasteiger partial charge is 0.110 e. The fourth-order valence-corrected chi connectivity index (χ4v) is 1.21. The average molecular weight is 148 g/mol. The minimum Gasteiger partial charge on any atom is -0.248 e. The molecule has 0 aliphatic carbocycles. The van der Waals surface area contributed by atoms with Gasteiger partial charge < -0.3 is 0 Å². The van der Waals surface area contributed by atoms with Gasteiger partial charge in [0.25, 0.3) is 0 Å². The molecular formula is C5H6ClNS. The van der Waals surface area contributed by atoms with Crippen LogP contribution in [0, 0.1) is 0 Å². The summed E-state index contributed by atoms with van der Waals surface area (Å²) >= 11 is 7.28. The second-order valence-corrected chi connectivity index (χ2v) is 3.07. The molecule has 0 unspecified atom stereocenters. The highest BCUT2D eigenvalue weighted by Crippen LogP contribution is 2.20. The first-order valence-corrected chi connectivity index (χ1v) is 3.66. The van der Waals surface area contributed by atoms with Crippen molar-refractivity contribution in [3.05, 3.63) is 16.6 Å². The van der Waals surface area contributed by atoms with Crippen molar-refractivity contribution in [1.29, 1.82) is 0 Å². The van der Waals surface area contributed by atoms with Gasteiger partial charge in [-0.2, -0.15) is 0 Å². The van der Waals surface area contributed by atoms with Crippen molar-refractivity contribution in [2.24, 2.45) is 0 Å². The quantitative estimate of drug-likeness (QED) is 0.556. The third-order valence-electron chi connectivity index (χ3n) is 0.792. The number of rotatable bonds is 1. The Morgan fingerprint density at radius 1 is 1.88 bits per heavy atom. The van der Waals surface area contributed by atoms with Crippen molar-refractivity contribution in [1.82, 2.24) is 4.98 Å². The van der Waals surface area contributed by atoms with Crippen LogP contribution in [0.1, 0.15) is 17.3 Å². The van der Waals surface area contributed by atoms with Crippen LogP contribution in [0.3, 0.4) is 0 Å². The van der Waals surface area contributed by atoms with Gasteiger partial charge in [-0.05, 0) is 6.92 Å². The van der Waals surface area contributed by atoms with E-state index in [2.05, 4.69) is 4.98 Å². The highest BCUT2D eigenvalue weighted by atomic mass is 35.5. The minimum absolute atomic E-state index is 0.0648. The maximum atomic E-state index is 5.69. The molecule has 0 radical (unpaired) electrons. The van der Waals surface area contributed by atoms with Crippen LogP contribution >= 0.6 is 22.9 Å². The van der Waals surface area contributed by atoms with E-state index in [0.717, 1.165) is 5.01 Å². The zero-order valence-electron chi connectivity index (χ0n) is 4.47. The summed E-state index contributed by atoms with van der Waals surface area (Å²) in [6, 6.07) is 0. The van der Waals surface area contributed by atoms with Gasteiger partial charge in [0.2, 0.25) is 0 Å². The van der Waals surface area contributed by atoms with Crippen molar-refractivity contribution < 1.29 is 0 Å². The number of aromatic nitrogens is 1. The minimum atomic E-state index is 0.0648. The Labute approximate surface area is 57.3 Å². The summed E-state index contributed by atoms with van der Waals surface area (Å²) in [6.45, 7) is 1.92. The first kappa shape index (κ1) is 6.05. The molecule has 1 heterocycles. The van der Waals surface area contributed by atoms with E-state index in [0.29, 0.717) is 0 Å². The number of hydrogen-bond donors (Lipinski definition) is 0. The van der Waals surface area contributed by atoms with E-state index < -0.39 is 0 Å². The Bertz CT molecular complexity index is 147. The standard InChI is InChI=1S/C5H6ClNS/c1-4(6)5-7-2-3-8-5/h2-4H,1H3/t4-/m0/s1. The second kappa shape index (κ2) is 2.46. The number of hydrogen-bond acceptors (Lipinski definition) is 2. The lowest BCUT2D eigenvalue weighted by atomic mass is 10.5. The van der Waals surface area contributed by atoms with E-state index in [1.807, 2.05) is 12.3 Å². The van der Waals surface area contributed by atoms with Crippen LogP contribution in [0.25, 0.3) is 0 Å². The SMILES string of the molecule is C[C@H](Cl)c1nccs1. The van der Waals surface area contributed by atoms with Gasteiger partial charge in [-0.25, -0.2) is 4.98 Å². The van der Waals surface area contributed by atoms with Gasteiger partial charge in [-0.1, -0.05) is 0 Å². The molecule has 0 spiro atoms. The molecule has 0 fully saturated rings. The van der Waals surface area contributed by atoms with E-state index in [4.69, 9.17) is 11.6 Å². The molecule has 1 rings (SSSR count). The highest BCUT2D eigenvalue weighted by molar-refractivity contribution is 7.09. The summed E-state index contributed by atoms with van der Waals surface area (Å²) in [5.41, 5.74) is 0. The molecule has 44 valence electrons. The van der Waals surface area contributed by atoms with Crippen LogP contribution in [0.4, 0.5) is 0 Å². The van der Waals surface area contributed by atoms with Crippen LogP contribution < -0.4 is 0 Å². The Morgan fingerprint density at radius 3 is 2.88 bits per heavy atom. The molecule has 0 aromatic carbocycles. The highest BCUT2D eigenvalue weighted by Gasteiger charge is 2.00. The van der Waals surface area contributed by atoms with E-state index in [-0.39, 0.29) is 5.38 Å². The van der Waals surface area contributed by atoms with E-state index in [9.17, 15) is 0 Å². The predicted octanol–water partition coefficient (Wildman–Crippen LogP) is 2.44. The lowest BCUT2D eigenvalue weighted by Gasteiger charge is -1.91. The molecular weight excluding hydrogens is 142 g/mol. The monoisotopic (exact) mass is 147 g/mol. The number of nitrogens with zero attached hydrogens (tertiary/aromatic N) is 1. The summed E-state index contributed by atoms with van der Waals surface area (Å²) in [5, 5.41) is 2.98. The molecule has 1 nitrogen and oxygen atoms in total. The van der Waals surface area contributed by atoms with Crippen molar-refractivity contribution >= 4 is 22.9 Å². The molecule has 0 aliphatic heterocycles. The van der Waals surface area contributed by atoms with Gasteiger partial charge in [0.1, 0.15) is 5.01 Å². The van der Waals surface area contributed by atoms with Gasteiger partial charge in [0.15, 0.2) is 0 Å². The zero-order chi connectivity index (χ0) is 5.98. The lowest BCUT2D eigenvalue weighted by molar-refractivity contribution is 1.05. The van der Waals surface area contributed by atoms with Crippen LogP contribution in [-0.2, 0) is 0 Å². The van der Waals surface area contributed by atoms with Crippen LogP contribution in [-0.4, -0.2) is 4.98 Å². The van der Waals surface area contributed by atoms with Crippen LogP contribution in [0.5, 0.6) is 0 Å². The largest absolute Gasteiger partial charge is 0.248 e. The molecule has 0 bridgehead atoms. The number of alkyl halides is 1. The van der Waals surface area contributed by atoms with E-state index >= 15 is 0 Å². The molecule has 1 aromatic rings. The molecule has 0 amide bonds. The fraction of sp³-hybridized carbons (Fsp3) is 0.400. The molecule has 1 atom stereocenters. The van der Waals surface area contributed by atoms with Gasteiger partial charge in [0, 0.05) is 11.6 Å². The third kappa shape index (κ3) is 1.20. The summed E-state index contributed by atoms with van der Waals surface area (Å²) in [4.78, 5) is 4.00. The predicted molar refractivity (Wildman–Crippen MR) is 36.4 cm³/mol. The first-order valence-electron chi connectivity index (χ1n) is 2.34. The normalized spacial score (nSPS) is 13.8. The summed E-state index contributed by atoms with van der Waals surface area (Å²) in [5.74, 6) is 0. The molecule has 0 saturated carbocycles. The molecule has 0 saturated heterocycles. The molecule has 3 heteroatoms. The van der Waals surface area contributed by atoms with Gasteiger partial charge >= 0.3 is 0 Å². The van der Waals surface area contributed by atoms with Gasteiger partial charge in [-0.15, -0.1) is 22.9 Å². The summed E-state index contributed by atoms with van der Waals surface area (Å²) in [6.07, 6.45) is 1.76. The number of thiazole rings is 1. The lowest BCUT2D eigenvalue weighted by Crippen LogP contribution is -1.78. The summed E-state index contributed by atoms with van der Waals surface area (Å²) in [7, 11) is 0. The summed E-state index contributed by atoms with van der Waals surface area (Å²) < 4.78 is 0. The Kier molecular flexibility index (Phi) is 1.86. The maximum absolute atomic E-state index is 5.69. The van der Waals surface area contributed by atoms with E-state index in [1.54, 1.807) is 17.5 Å². The Hall–Kier alpha value is -0.0800. The topological polar surface area (TPSA) is 12.9 Å². The molecule has 0 aliphatic rings. The Morgan fingerprint density at radius 2 is 2.62 bits per heavy atom. The molecule has 8 heavy (non-hydrogen) atoms. The van der Waals surface area contributed by atoms with Gasteiger partial charge in [0.05, 0.1) is 5.38 Å². The Balaban J connectivity index is 2.77. The van der Waals surface area contributed by atoms with Crippen molar-refractivity contribution in [3.63, 3.8) is 0 Å². The van der Waals surface area contributed by atoms with Crippen molar-refractivity contribution in [3.8, 4) is 0 Å². The molecule has 1 aromatic heterocycles. The average Bonchev–Trinajstić information content (AvgIpc) is 2.12. The zero-order valence-corrected chi connectivity index (χ0v) is 6.04. The van der Waals surface area contributed by atoms with Crippen LogP contribution in [0.15, 0.2) is 11.6 Å². The van der Waals surface area contributed by atoms with Crippen LogP contribution in [0.2, 0.25) is 0 Å². The van der Waals surface area contributed by atoms with Crippen molar-refractivity contribution in [2.75, 3.05) is 0 Å². The second-order valence-electron chi connectivity index (χ2n) is 1.49.